The molecule has 0 bridgehead atoms. The van der Waals surface area contributed by atoms with E-state index in [0.717, 1.165) is 24.2 Å². The van der Waals surface area contributed by atoms with Gasteiger partial charge in [-0.2, -0.15) is 0 Å². The standard InChI is InChI=1S/C18H16N2O2/c1-12-4-2-7-17-19-16(11-20(12)17)18(21)22-15-9-8-13-5-3-6-14(13)10-15/h2,4,7-11H,3,5-6H2,1H3. The Kier molecular flexibility index (Phi) is 2.96. The van der Waals surface area contributed by atoms with E-state index in [0.29, 0.717) is 11.4 Å². The zero-order valence-electron chi connectivity index (χ0n) is 12.4. The van der Waals surface area contributed by atoms with E-state index < -0.39 is 5.97 Å². The molecule has 4 nitrogen and oxygen atoms in total. The molecular weight excluding hydrogens is 276 g/mol. The van der Waals surface area contributed by atoms with Gasteiger partial charge in [0.05, 0.1) is 0 Å². The number of carbonyl (C=O) groups excluding carboxylic acids is 1. The molecule has 4 rings (SSSR count). The van der Waals surface area contributed by atoms with E-state index in [1.54, 1.807) is 6.20 Å². The van der Waals surface area contributed by atoms with Crippen LogP contribution in [0.3, 0.4) is 0 Å². The van der Waals surface area contributed by atoms with Gasteiger partial charge >= 0.3 is 5.97 Å². The number of aryl methyl sites for hydroxylation is 3. The number of hydrogen-bond donors (Lipinski definition) is 0. The van der Waals surface area contributed by atoms with Gasteiger partial charge in [-0.15, -0.1) is 0 Å². The number of rotatable bonds is 2. The Morgan fingerprint density at radius 3 is 2.91 bits per heavy atom. The molecule has 1 aliphatic carbocycles. The Morgan fingerprint density at radius 2 is 2.05 bits per heavy atom. The third kappa shape index (κ3) is 2.17. The molecule has 0 unspecified atom stereocenters. The summed E-state index contributed by atoms with van der Waals surface area (Å²) in [5.41, 5.74) is 4.76. The van der Waals surface area contributed by atoms with Gasteiger partial charge in [0.2, 0.25) is 0 Å². The smallest absolute Gasteiger partial charge is 0.363 e. The van der Waals surface area contributed by atoms with Gasteiger partial charge < -0.3 is 9.14 Å². The molecule has 0 atom stereocenters. The van der Waals surface area contributed by atoms with Gasteiger partial charge in [0.25, 0.3) is 0 Å². The number of pyridine rings is 1. The molecule has 4 heteroatoms. The third-order valence-electron chi connectivity index (χ3n) is 4.19. The zero-order valence-corrected chi connectivity index (χ0v) is 12.4. The first-order chi connectivity index (χ1) is 10.7. The van der Waals surface area contributed by atoms with E-state index in [9.17, 15) is 4.79 Å². The minimum atomic E-state index is -0.416. The molecule has 0 saturated carbocycles. The van der Waals surface area contributed by atoms with Gasteiger partial charge in [-0.3, -0.25) is 0 Å². The zero-order chi connectivity index (χ0) is 15.1. The summed E-state index contributed by atoms with van der Waals surface area (Å²) in [6, 6.07) is 11.7. The second kappa shape index (κ2) is 4.98. The number of esters is 1. The van der Waals surface area contributed by atoms with Gasteiger partial charge in [0.15, 0.2) is 5.69 Å². The largest absolute Gasteiger partial charge is 0.422 e. The number of nitrogens with zero attached hydrogens (tertiary/aromatic N) is 2. The highest BCUT2D eigenvalue weighted by Gasteiger charge is 2.16. The lowest BCUT2D eigenvalue weighted by Crippen LogP contribution is -2.09. The van der Waals surface area contributed by atoms with Crippen molar-refractivity contribution >= 4 is 11.6 Å². The highest BCUT2D eigenvalue weighted by Crippen LogP contribution is 2.26. The van der Waals surface area contributed by atoms with E-state index >= 15 is 0 Å². The molecule has 2 aromatic heterocycles. The summed E-state index contributed by atoms with van der Waals surface area (Å²) in [6.45, 7) is 1.98. The normalized spacial score (nSPS) is 13.3. The van der Waals surface area contributed by atoms with Crippen molar-refractivity contribution < 1.29 is 9.53 Å². The minimum absolute atomic E-state index is 0.329. The van der Waals surface area contributed by atoms with Gasteiger partial charge in [-0.25, -0.2) is 9.78 Å². The van der Waals surface area contributed by atoms with Crippen LogP contribution in [0.5, 0.6) is 5.75 Å². The Balaban J connectivity index is 1.62. The molecule has 0 saturated heterocycles. The van der Waals surface area contributed by atoms with Crippen LogP contribution in [0.15, 0.2) is 42.6 Å². The lowest BCUT2D eigenvalue weighted by atomic mass is 10.1. The fourth-order valence-electron chi connectivity index (χ4n) is 3.02. The van der Waals surface area contributed by atoms with Crippen molar-refractivity contribution in [3.05, 3.63) is 65.1 Å². The lowest BCUT2D eigenvalue weighted by Gasteiger charge is -2.05. The van der Waals surface area contributed by atoms with Gasteiger partial charge in [-0.1, -0.05) is 12.1 Å². The Labute approximate surface area is 128 Å². The number of aromatic nitrogens is 2. The summed E-state index contributed by atoms with van der Waals surface area (Å²) in [6.07, 6.45) is 5.09. The highest BCUT2D eigenvalue weighted by molar-refractivity contribution is 5.89. The van der Waals surface area contributed by atoms with E-state index in [1.165, 1.54) is 17.5 Å². The molecular formula is C18H16N2O2. The maximum Gasteiger partial charge on any atom is 0.363 e. The van der Waals surface area contributed by atoms with Crippen molar-refractivity contribution in [2.45, 2.75) is 26.2 Å². The van der Waals surface area contributed by atoms with Crippen LogP contribution in [0.1, 0.15) is 33.7 Å². The molecule has 1 aromatic carbocycles. The predicted molar refractivity (Wildman–Crippen MR) is 83.4 cm³/mol. The van der Waals surface area contributed by atoms with Crippen LogP contribution in [0.4, 0.5) is 0 Å². The summed E-state index contributed by atoms with van der Waals surface area (Å²) in [4.78, 5) is 16.6. The molecule has 0 fully saturated rings. The molecule has 0 radical (unpaired) electrons. The molecule has 2 heterocycles. The first-order valence-corrected chi connectivity index (χ1v) is 7.49. The number of benzene rings is 1. The van der Waals surface area contributed by atoms with Crippen molar-refractivity contribution in [2.75, 3.05) is 0 Å². The van der Waals surface area contributed by atoms with Crippen molar-refractivity contribution in [1.29, 1.82) is 0 Å². The number of ether oxygens (including phenoxy) is 1. The quantitative estimate of drug-likeness (QED) is 0.537. The second-order valence-electron chi connectivity index (χ2n) is 5.70. The SMILES string of the molecule is Cc1cccc2nc(C(=O)Oc3ccc4c(c3)CCC4)cn12. The van der Waals surface area contributed by atoms with Crippen LogP contribution in [0.2, 0.25) is 0 Å². The van der Waals surface area contributed by atoms with Crippen LogP contribution in [0.25, 0.3) is 5.65 Å². The molecule has 3 aromatic rings. The number of hydrogen-bond acceptors (Lipinski definition) is 3. The number of carbonyl (C=O) groups is 1. The molecule has 0 aliphatic heterocycles. The van der Waals surface area contributed by atoms with Crippen molar-refractivity contribution in [3.63, 3.8) is 0 Å². The summed E-state index contributed by atoms with van der Waals surface area (Å²) in [5, 5.41) is 0. The molecule has 0 spiro atoms. The predicted octanol–water partition coefficient (Wildman–Crippen LogP) is 3.35. The summed E-state index contributed by atoms with van der Waals surface area (Å²) >= 11 is 0. The van der Waals surface area contributed by atoms with Crippen LogP contribution in [-0.4, -0.2) is 15.4 Å². The van der Waals surface area contributed by atoms with Gasteiger partial charge in [0.1, 0.15) is 11.4 Å². The second-order valence-corrected chi connectivity index (χ2v) is 5.70. The van der Waals surface area contributed by atoms with Crippen molar-refractivity contribution in [2.24, 2.45) is 0 Å². The van der Waals surface area contributed by atoms with E-state index in [1.807, 2.05) is 41.7 Å². The maximum atomic E-state index is 12.3. The summed E-state index contributed by atoms with van der Waals surface area (Å²) < 4.78 is 7.37. The highest BCUT2D eigenvalue weighted by atomic mass is 16.5. The summed E-state index contributed by atoms with van der Waals surface area (Å²) in [7, 11) is 0. The number of imidazole rings is 1. The molecule has 22 heavy (non-hydrogen) atoms. The van der Waals surface area contributed by atoms with Crippen LogP contribution < -0.4 is 4.74 Å². The lowest BCUT2D eigenvalue weighted by molar-refractivity contribution is 0.0729. The molecule has 0 amide bonds. The Bertz CT molecular complexity index is 880. The first kappa shape index (κ1) is 13.1. The van der Waals surface area contributed by atoms with Crippen LogP contribution in [0, 0.1) is 6.92 Å². The van der Waals surface area contributed by atoms with Crippen LogP contribution >= 0.6 is 0 Å². The van der Waals surface area contributed by atoms with E-state index in [-0.39, 0.29) is 0 Å². The average Bonchev–Trinajstić information content (AvgIpc) is 3.13. The summed E-state index contributed by atoms with van der Waals surface area (Å²) in [5.74, 6) is 0.181. The monoisotopic (exact) mass is 292 g/mol. The molecule has 0 N–H and O–H groups in total. The topological polar surface area (TPSA) is 43.6 Å². The number of fused-ring (bicyclic) bond motifs is 2. The van der Waals surface area contributed by atoms with E-state index in [4.69, 9.17) is 4.74 Å². The van der Waals surface area contributed by atoms with Crippen LogP contribution in [-0.2, 0) is 12.8 Å². The third-order valence-corrected chi connectivity index (χ3v) is 4.19. The maximum absolute atomic E-state index is 12.3. The fourth-order valence-corrected chi connectivity index (χ4v) is 3.02. The minimum Gasteiger partial charge on any atom is -0.422 e. The molecule has 110 valence electrons. The fraction of sp³-hybridized carbons (Fsp3) is 0.222. The van der Waals surface area contributed by atoms with Gasteiger partial charge in [-0.05, 0) is 61.6 Å². The Hall–Kier alpha value is -2.62. The van der Waals surface area contributed by atoms with Crippen molar-refractivity contribution in [3.8, 4) is 5.75 Å². The van der Waals surface area contributed by atoms with Gasteiger partial charge in [0, 0.05) is 11.9 Å². The first-order valence-electron chi connectivity index (χ1n) is 7.49. The Morgan fingerprint density at radius 1 is 1.18 bits per heavy atom. The molecule has 1 aliphatic rings. The van der Waals surface area contributed by atoms with E-state index in [2.05, 4.69) is 11.1 Å². The average molecular weight is 292 g/mol. The van der Waals surface area contributed by atoms with Crippen molar-refractivity contribution in [1.82, 2.24) is 9.38 Å².